The number of hydrogen-bond donors (Lipinski definition) is 9. The number of amides is 4. The second kappa shape index (κ2) is 13.3. The first-order chi connectivity index (χ1) is 19.0. The number of aromatic amines is 2. The molecule has 40 heavy (non-hydrogen) atoms. The number of para-hydroxylation sites is 1. The van der Waals surface area contributed by atoms with Gasteiger partial charge in [0.15, 0.2) is 6.04 Å². The molecule has 15 nitrogen and oxygen atoms in total. The van der Waals surface area contributed by atoms with Gasteiger partial charge in [-0.15, -0.1) is 0 Å². The second-order valence-corrected chi connectivity index (χ2v) is 9.31. The van der Waals surface area contributed by atoms with Crippen molar-refractivity contribution >= 4 is 40.5 Å². The second-order valence-electron chi connectivity index (χ2n) is 9.31. The number of primary amides is 1. The van der Waals surface area contributed by atoms with Crippen LogP contribution in [0.2, 0.25) is 0 Å². The van der Waals surface area contributed by atoms with Gasteiger partial charge in [-0.1, -0.05) is 18.2 Å². The Morgan fingerprint density at radius 2 is 1.65 bits per heavy atom. The van der Waals surface area contributed by atoms with Crippen molar-refractivity contribution in [1.82, 2.24) is 30.9 Å². The summed E-state index contributed by atoms with van der Waals surface area (Å²) in [7, 11) is 0. The number of aromatic nitrogens is 3. The predicted molar refractivity (Wildman–Crippen MR) is 141 cm³/mol. The zero-order valence-corrected chi connectivity index (χ0v) is 21.6. The summed E-state index contributed by atoms with van der Waals surface area (Å²) >= 11 is 0. The summed E-state index contributed by atoms with van der Waals surface area (Å²) in [5.41, 5.74) is 13.5. The number of H-pyrrole nitrogens is 2. The minimum atomic E-state index is -1.71. The molecule has 0 spiro atoms. The predicted octanol–water partition coefficient (Wildman–Crippen LogP) is -2.20. The van der Waals surface area contributed by atoms with Gasteiger partial charge in [0.2, 0.25) is 23.6 Å². The van der Waals surface area contributed by atoms with E-state index in [-0.39, 0.29) is 12.8 Å². The fourth-order valence-corrected chi connectivity index (χ4v) is 4.06. The molecule has 0 radical (unpaired) electrons. The number of hydrogen-bond acceptors (Lipinski definition) is 8. The summed E-state index contributed by atoms with van der Waals surface area (Å²) in [5.74, 6) is -5.07. The van der Waals surface area contributed by atoms with Crippen LogP contribution in [0, 0.1) is 0 Å². The number of carboxylic acids is 1. The molecule has 3 aromatic rings. The molecular weight excluding hydrogens is 524 g/mol. The third-order valence-corrected chi connectivity index (χ3v) is 6.15. The third-order valence-electron chi connectivity index (χ3n) is 6.15. The lowest BCUT2D eigenvalue weighted by atomic mass is 10.0. The van der Waals surface area contributed by atoms with Gasteiger partial charge >= 0.3 is 5.97 Å². The average Bonchev–Trinajstić information content (AvgIpc) is 3.55. The molecular formula is C25H32N8O7. The Balaban J connectivity index is 1.75. The maximum atomic E-state index is 13.3. The van der Waals surface area contributed by atoms with Gasteiger partial charge in [0, 0.05) is 35.4 Å². The Bertz CT molecular complexity index is 1350. The standard InChI is InChI=1S/C25H32N8O7/c1-12(34)21(25(39)40)33-24(38)19(8-20(27)35)32-23(37)18(7-14-10-28-11-30-14)31-22(36)16(26)6-13-9-29-17-5-3-2-4-15(13)17/h2-5,9-12,16,18-19,21,29,34H,6-8,26H2,1H3,(H2,27,35)(H,28,30)(H,31,36)(H,32,37)(H,33,38)(H,39,40). The maximum absolute atomic E-state index is 13.3. The Labute approximate surface area is 228 Å². The van der Waals surface area contributed by atoms with E-state index in [1.165, 1.54) is 12.5 Å². The summed E-state index contributed by atoms with van der Waals surface area (Å²) in [6, 6.07) is 1.89. The van der Waals surface area contributed by atoms with Gasteiger partial charge in [0.25, 0.3) is 0 Å². The molecule has 0 saturated heterocycles. The van der Waals surface area contributed by atoms with Gasteiger partial charge in [-0.05, 0) is 25.0 Å². The minimum absolute atomic E-state index is 0.0757. The summed E-state index contributed by atoms with van der Waals surface area (Å²) in [6.07, 6.45) is 2.50. The lowest BCUT2D eigenvalue weighted by Gasteiger charge is -2.25. The van der Waals surface area contributed by atoms with Crippen molar-refractivity contribution in [2.24, 2.45) is 11.5 Å². The van der Waals surface area contributed by atoms with E-state index in [9.17, 15) is 34.2 Å². The van der Waals surface area contributed by atoms with Crippen molar-refractivity contribution < 1.29 is 34.2 Å². The molecule has 1 aromatic carbocycles. The lowest BCUT2D eigenvalue weighted by Crippen LogP contribution is -2.59. The molecule has 0 fully saturated rings. The Hall–Kier alpha value is -4.76. The monoisotopic (exact) mass is 556 g/mol. The molecule has 11 N–H and O–H groups in total. The average molecular weight is 557 g/mol. The number of carboxylic acid groups (broad SMARTS) is 1. The quantitative estimate of drug-likeness (QED) is 0.104. The molecule has 5 unspecified atom stereocenters. The number of aliphatic carboxylic acids is 1. The van der Waals surface area contributed by atoms with Crippen LogP contribution in [0.4, 0.5) is 0 Å². The Kier molecular flexibility index (Phi) is 9.94. The van der Waals surface area contributed by atoms with E-state index in [1.54, 1.807) is 6.20 Å². The van der Waals surface area contributed by atoms with Gasteiger partial charge < -0.3 is 47.6 Å². The number of nitrogens with zero attached hydrogens (tertiary/aromatic N) is 1. The van der Waals surface area contributed by atoms with Crippen LogP contribution >= 0.6 is 0 Å². The first-order valence-corrected chi connectivity index (χ1v) is 12.3. The molecule has 0 saturated carbocycles. The molecule has 0 aliphatic heterocycles. The van der Waals surface area contributed by atoms with E-state index in [4.69, 9.17) is 11.5 Å². The number of nitrogens with two attached hydrogens (primary N) is 2. The first kappa shape index (κ1) is 29.8. The maximum Gasteiger partial charge on any atom is 0.328 e. The molecule has 2 aromatic heterocycles. The Morgan fingerprint density at radius 3 is 2.27 bits per heavy atom. The first-order valence-electron chi connectivity index (χ1n) is 12.3. The van der Waals surface area contributed by atoms with E-state index in [0.717, 1.165) is 23.4 Å². The van der Waals surface area contributed by atoms with Crippen LogP contribution in [0.25, 0.3) is 10.9 Å². The molecule has 214 valence electrons. The van der Waals surface area contributed by atoms with Crippen molar-refractivity contribution in [2.75, 3.05) is 0 Å². The van der Waals surface area contributed by atoms with Crippen molar-refractivity contribution in [3.05, 3.63) is 54.2 Å². The molecule has 0 aliphatic rings. The third kappa shape index (κ3) is 7.87. The molecule has 0 aliphatic carbocycles. The van der Waals surface area contributed by atoms with Crippen molar-refractivity contribution in [1.29, 1.82) is 0 Å². The number of carbonyl (C=O) groups excluding carboxylic acids is 4. The zero-order chi connectivity index (χ0) is 29.4. The highest BCUT2D eigenvalue weighted by molar-refractivity contribution is 5.96. The van der Waals surface area contributed by atoms with Crippen molar-refractivity contribution in [3.8, 4) is 0 Å². The van der Waals surface area contributed by atoms with Crippen LogP contribution in [0.3, 0.4) is 0 Å². The van der Waals surface area contributed by atoms with Crippen LogP contribution in [-0.2, 0) is 36.8 Å². The van der Waals surface area contributed by atoms with E-state index in [2.05, 4.69) is 30.9 Å². The van der Waals surface area contributed by atoms with Gasteiger partial charge in [-0.2, -0.15) is 0 Å². The summed E-state index contributed by atoms with van der Waals surface area (Å²) in [4.78, 5) is 71.9. The highest BCUT2D eigenvalue weighted by Gasteiger charge is 2.33. The summed E-state index contributed by atoms with van der Waals surface area (Å²) in [5, 5.41) is 26.8. The number of fused-ring (bicyclic) bond motifs is 1. The van der Waals surface area contributed by atoms with Crippen LogP contribution in [-0.4, -0.2) is 85.0 Å². The molecule has 0 bridgehead atoms. The molecule has 15 heteroatoms. The summed E-state index contributed by atoms with van der Waals surface area (Å²) in [6.45, 7) is 1.15. The molecule has 2 heterocycles. The van der Waals surface area contributed by atoms with Crippen LogP contribution in [0.1, 0.15) is 24.6 Å². The van der Waals surface area contributed by atoms with E-state index < -0.39 is 66.3 Å². The van der Waals surface area contributed by atoms with Gasteiger partial charge in [0.1, 0.15) is 12.1 Å². The van der Waals surface area contributed by atoms with Gasteiger partial charge in [-0.25, -0.2) is 9.78 Å². The molecule has 4 amide bonds. The number of aliphatic hydroxyl groups excluding tert-OH is 1. The highest BCUT2D eigenvalue weighted by atomic mass is 16.4. The number of benzene rings is 1. The van der Waals surface area contributed by atoms with E-state index in [1.807, 2.05) is 24.3 Å². The van der Waals surface area contributed by atoms with Crippen LogP contribution < -0.4 is 27.4 Å². The zero-order valence-electron chi connectivity index (χ0n) is 21.6. The number of rotatable bonds is 14. The number of aliphatic hydroxyl groups is 1. The van der Waals surface area contributed by atoms with Crippen molar-refractivity contribution in [3.63, 3.8) is 0 Å². The van der Waals surface area contributed by atoms with Gasteiger partial charge in [-0.3, -0.25) is 19.2 Å². The fraction of sp³-hybridized carbons (Fsp3) is 0.360. The topological polar surface area (TPSA) is 258 Å². The van der Waals surface area contributed by atoms with Crippen molar-refractivity contribution in [2.45, 2.75) is 56.5 Å². The molecule has 3 rings (SSSR count). The summed E-state index contributed by atoms with van der Waals surface area (Å²) < 4.78 is 0. The number of nitrogens with one attached hydrogen (secondary N) is 5. The SMILES string of the molecule is CC(O)C(NC(=O)C(CC(N)=O)NC(=O)C(Cc1cnc[nH]1)NC(=O)C(N)Cc1c[nH]c2ccccc12)C(=O)O. The fourth-order valence-electron chi connectivity index (χ4n) is 4.06. The Morgan fingerprint density at radius 1 is 0.975 bits per heavy atom. The van der Waals surface area contributed by atoms with E-state index in [0.29, 0.717) is 5.69 Å². The largest absolute Gasteiger partial charge is 0.480 e. The van der Waals surface area contributed by atoms with Crippen LogP contribution in [0.15, 0.2) is 43.0 Å². The number of imidazole rings is 1. The molecule has 5 atom stereocenters. The highest BCUT2D eigenvalue weighted by Crippen LogP contribution is 2.18. The smallest absolute Gasteiger partial charge is 0.328 e. The van der Waals surface area contributed by atoms with Crippen LogP contribution in [0.5, 0.6) is 0 Å². The van der Waals surface area contributed by atoms with E-state index >= 15 is 0 Å². The normalized spacial score (nSPS) is 14.9. The number of carbonyl (C=O) groups is 5. The lowest BCUT2D eigenvalue weighted by molar-refractivity contribution is -0.145. The van der Waals surface area contributed by atoms with Gasteiger partial charge in [0.05, 0.1) is 24.9 Å². The minimum Gasteiger partial charge on any atom is -0.480 e.